The number of hydrogen-bond donors (Lipinski definition) is 2. The second-order valence-corrected chi connectivity index (χ2v) is 10.6. The summed E-state index contributed by atoms with van der Waals surface area (Å²) in [4.78, 5) is 28.0. The van der Waals surface area contributed by atoms with Crippen molar-refractivity contribution in [1.82, 2.24) is 5.06 Å². The molecule has 10 heteroatoms. The molecule has 3 N–H and O–H groups in total. The lowest BCUT2D eigenvalue weighted by Crippen LogP contribution is -2.35. The highest BCUT2D eigenvalue weighted by Crippen LogP contribution is 2.36. The molecule has 152 valence electrons. The number of carbonyl (C=O) groups is 2. The lowest BCUT2D eigenvalue weighted by atomic mass is 10.2. The Balaban J connectivity index is 2.14. The zero-order valence-electron chi connectivity index (χ0n) is 15.7. The maximum Gasteiger partial charge on any atom is 0.339 e. The summed E-state index contributed by atoms with van der Waals surface area (Å²) < 4.78 is 12.1. The Kier molecular flexibility index (Phi) is 11.7. The van der Waals surface area contributed by atoms with Crippen LogP contribution in [0.25, 0.3) is 0 Å². The van der Waals surface area contributed by atoms with Crippen LogP contribution in [0, 0.1) is 0 Å². The first-order valence-corrected chi connectivity index (χ1v) is 12.7. The molecule has 0 spiro atoms. The molecule has 1 fully saturated rings. The van der Waals surface area contributed by atoms with Gasteiger partial charge in [0, 0.05) is 19.3 Å². The second kappa shape index (κ2) is 13.2. The first kappa shape index (κ1) is 24.0. The van der Waals surface area contributed by atoms with Crippen LogP contribution in [0.2, 0.25) is 0 Å². The zero-order chi connectivity index (χ0) is 20.2. The van der Waals surface area contributed by atoms with E-state index in [4.69, 9.17) is 10.6 Å². The number of carbonyl (C=O) groups excluding carboxylic acids is 2. The molecule has 0 saturated carbocycles. The van der Waals surface area contributed by atoms with E-state index in [1.807, 2.05) is 32.1 Å². The Morgan fingerprint density at radius 1 is 1.52 bits per heavy atom. The summed E-state index contributed by atoms with van der Waals surface area (Å²) in [5, 5.41) is 11.2. The number of rotatable bonds is 12. The standard InChI is InChI=1S/C17H28N2O5PS2/c1-3-4-7-14(18)27-26-13(2)12-25(23)11-6-5-8-17(22)24-19-15(20)9-10-16(19)21/h3-4,7,13,15,20H,5-6,8-12,18H2,1-2H3/q+1. The van der Waals surface area contributed by atoms with Gasteiger partial charge in [0.1, 0.15) is 6.16 Å². The highest BCUT2D eigenvalue weighted by Gasteiger charge is 2.32. The Morgan fingerprint density at radius 2 is 2.26 bits per heavy atom. The van der Waals surface area contributed by atoms with E-state index in [1.165, 1.54) is 10.8 Å². The van der Waals surface area contributed by atoms with Crippen molar-refractivity contribution in [1.29, 1.82) is 0 Å². The lowest BCUT2D eigenvalue weighted by molar-refractivity contribution is -0.220. The van der Waals surface area contributed by atoms with Gasteiger partial charge < -0.3 is 15.7 Å². The van der Waals surface area contributed by atoms with E-state index in [9.17, 15) is 19.3 Å². The summed E-state index contributed by atoms with van der Waals surface area (Å²) in [7, 11) is 1.74. The van der Waals surface area contributed by atoms with Crippen molar-refractivity contribution in [3.05, 3.63) is 23.3 Å². The fourth-order valence-corrected chi connectivity index (χ4v) is 6.26. The third-order valence-electron chi connectivity index (χ3n) is 3.59. The predicted molar refractivity (Wildman–Crippen MR) is 111 cm³/mol. The number of hydrogen-bond acceptors (Lipinski definition) is 8. The van der Waals surface area contributed by atoms with Crippen molar-refractivity contribution in [3.63, 3.8) is 0 Å². The number of aliphatic hydroxyl groups is 1. The molecule has 1 aliphatic heterocycles. The summed E-state index contributed by atoms with van der Waals surface area (Å²) in [6.07, 6.45) is 7.48. The molecule has 0 aromatic heterocycles. The minimum atomic E-state index is -1.34. The fourth-order valence-electron chi connectivity index (χ4n) is 2.24. The average Bonchev–Trinajstić information content (AvgIpc) is 2.93. The number of nitrogens with two attached hydrogens (primary N) is 1. The van der Waals surface area contributed by atoms with Gasteiger partial charge in [-0.3, -0.25) is 4.79 Å². The minimum absolute atomic E-state index is 0.131. The Bertz CT molecular complexity index is 586. The maximum atomic E-state index is 12.1. The molecule has 0 aromatic rings. The molecule has 1 heterocycles. The highest BCUT2D eigenvalue weighted by atomic mass is 33.1. The lowest BCUT2D eigenvalue weighted by Gasteiger charge is -2.18. The number of aliphatic hydroxyl groups excluding tert-OH is 1. The monoisotopic (exact) mass is 435 g/mol. The molecule has 3 unspecified atom stereocenters. The third kappa shape index (κ3) is 10.2. The first-order chi connectivity index (χ1) is 12.8. The molecule has 0 aliphatic carbocycles. The van der Waals surface area contributed by atoms with Gasteiger partial charge in [-0.25, -0.2) is 4.79 Å². The molecule has 7 nitrogen and oxygen atoms in total. The number of nitrogens with zero attached hydrogens (tertiary/aromatic N) is 1. The normalized spacial score (nSPS) is 19.6. The van der Waals surface area contributed by atoms with Crippen LogP contribution in [-0.2, 0) is 19.0 Å². The van der Waals surface area contributed by atoms with Gasteiger partial charge in [0.25, 0.3) is 5.91 Å². The Labute approximate surface area is 169 Å². The molecule has 1 rings (SSSR count). The van der Waals surface area contributed by atoms with E-state index in [0.717, 1.165) is 5.06 Å². The van der Waals surface area contributed by atoms with Crippen molar-refractivity contribution in [3.8, 4) is 0 Å². The highest BCUT2D eigenvalue weighted by molar-refractivity contribution is 8.78. The van der Waals surface area contributed by atoms with Crippen molar-refractivity contribution >= 4 is 41.3 Å². The molecule has 3 atom stereocenters. The van der Waals surface area contributed by atoms with Crippen LogP contribution < -0.4 is 5.73 Å². The summed E-state index contributed by atoms with van der Waals surface area (Å²) in [5.41, 5.74) is 5.84. The number of amides is 1. The first-order valence-electron chi connectivity index (χ1n) is 8.88. The van der Waals surface area contributed by atoms with E-state index < -0.39 is 20.0 Å². The largest absolute Gasteiger partial charge is 0.393 e. The van der Waals surface area contributed by atoms with Gasteiger partial charge in [0.05, 0.1) is 10.3 Å². The smallest absolute Gasteiger partial charge is 0.339 e. The summed E-state index contributed by atoms with van der Waals surface area (Å²) in [6.45, 7) is 3.94. The Hall–Kier alpha value is -1.02. The zero-order valence-corrected chi connectivity index (χ0v) is 18.2. The maximum absolute atomic E-state index is 12.1. The molecule has 27 heavy (non-hydrogen) atoms. The molecular formula is C17H28N2O5PS2+. The average molecular weight is 436 g/mol. The fraction of sp³-hybridized carbons (Fsp3) is 0.647. The van der Waals surface area contributed by atoms with Crippen LogP contribution in [0.15, 0.2) is 23.3 Å². The van der Waals surface area contributed by atoms with E-state index in [1.54, 1.807) is 10.8 Å². The summed E-state index contributed by atoms with van der Waals surface area (Å²) in [6, 6.07) is 0. The van der Waals surface area contributed by atoms with Gasteiger partial charge >= 0.3 is 13.8 Å². The van der Waals surface area contributed by atoms with Crippen LogP contribution in [0.1, 0.15) is 46.0 Å². The minimum Gasteiger partial charge on any atom is -0.393 e. The van der Waals surface area contributed by atoms with Gasteiger partial charge in [-0.2, -0.15) is 0 Å². The molecule has 0 bridgehead atoms. The van der Waals surface area contributed by atoms with E-state index in [2.05, 4.69) is 0 Å². The van der Waals surface area contributed by atoms with Crippen LogP contribution >= 0.6 is 29.4 Å². The molecule has 1 saturated heterocycles. The van der Waals surface area contributed by atoms with Crippen LogP contribution in [0.5, 0.6) is 0 Å². The van der Waals surface area contributed by atoms with Crippen LogP contribution in [-0.4, -0.2) is 45.8 Å². The SMILES string of the molecule is CC=CC=C(N)SSC(C)C[P+](=O)CCCCC(=O)ON1C(=O)CCC1O. The predicted octanol–water partition coefficient (Wildman–Crippen LogP) is 3.53. The van der Waals surface area contributed by atoms with Gasteiger partial charge in [-0.05, 0) is 43.6 Å². The van der Waals surface area contributed by atoms with E-state index in [0.29, 0.717) is 30.2 Å². The van der Waals surface area contributed by atoms with Crippen molar-refractivity contribution in [2.75, 3.05) is 12.3 Å². The third-order valence-corrected chi connectivity index (χ3v) is 8.38. The van der Waals surface area contributed by atoms with E-state index >= 15 is 0 Å². The Morgan fingerprint density at radius 3 is 2.89 bits per heavy atom. The molecular weight excluding hydrogens is 407 g/mol. The molecule has 0 radical (unpaired) electrons. The number of allylic oxidation sites excluding steroid dienone is 3. The number of unbranched alkanes of at least 4 members (excludes halogenated alkanes) is 1. The van der Waals surface area contributed by atoms with Crippen molar-refractivity contribution < 1.29 is 24.1 Å². The molecule has 0 aromatic carbocycles. The quantitative estimate of drug-likeness (QED) is 0.207. The van der Waals surface area contributed by atoms with Crippen LogP contribution in [0.3, 0.4) is 0 Å². The second-order valence-electron chi connectivity index (χ2n) is 6.13. The molecule has 1 aliphatic rings. The molecule has 1 amide bonds. The van der Waals surface area contributed by atoms with Crippen LogP contribution in [0.4, 0.5) is 0 Å². The van der Waals surface area contributed by atoms with Crippen molar-refractivity contribution in [2.45, 2.75) is 57.4 Å². The topological polar surface area (TPSA) is 110 Å². The number of hydroxylamine groups is 2. The van der Waals surface area contributed by atoms with Crippen molar-refractivity contribution in [2.24, 2.45) is 5.73 Å². The summed E-state index contributed by atoms with van der Waals surface area (Å²) >= 11 is 0. The van der Waals surface area contributed by atoms with Gasteiger partial charge in [-0.15, -0.1) is 5.06 Å². The van der Waals surface area contributed by atoms with E-state index in [-0.39, 0.29) is 30.4 Å². The summed E-state index contributed by atoms with van der Waals surface area (Å²) in [5.74, 6) is -0.937. The van der Waals surface area contributed by atoms with Gasteiger partial charge in [-0.1, -0.05) is 27.5 Å². The van der Waals surface area contributed by atoms with Gasteiger partial charge in [0.15, 0.2) is 12.4 Å². The van der Waals surface area contributed by atoms with Gasteiger partial charge in [0.2, 0.25) is 0 Å².